The minimum atomic E-state index is 0.243. The highest BCUT2D eigenvalue weighted by Crippen LogP contribution is 2.43. The lowest BCUT2D eigenvalue weighted by molar-refractivity contribution is -0.100. The molecule has 2 heteroatoms. The summed E-state index contributed by atoms with van der Waals surface area (Å²) in [5, 5.41) is 0. The Balaban J connectivity index is 1.95. The average molecular weight is 183 g/mol. The molecular formula is C11H21NO. The zero-order valence-electron chi connectivity index (χ0n) is 9.26. The second-order valence-electron chi connectivity index (χ2n) is 5.93. The van der Waals surface area contributed by atoms with Gasteiger partial charge in [0.1, 0.15) is 0 Å². The van der Waals surface area contributed by atoms with E-state index in [1.165, 1.54) is 6.42 Å². The summed E-state index contributed by atoms with van der Waals surface area (Å²) in [6.45, 7) is 10.2. The lowest BCUT2D eigenvalue weighted by Crippen LogP contribution is -2.59. The number of rotatable bonds is 0. The zero-order valence-corrected chi connectivity index (χ0v) is 9.26. The number of nitrogens with zero attached hydrogens (tertiary/aromatic N) is 1. The van der Waals surface area contributed by atoms with E-state index in [2.05, 4.69) is 32.7 Å². The highest BCUT2D eigenvalue weighted by Gasteiger charge is 2.50. The van der Waals surface area contributed by atoms with Crippen LogP contribution in [0.2, 0.25) is 0 Å². The normalized spacial score (nSPS) is 33.7. The largest absolute Gasteiger partial charge is 0.372 e. The maximum Gasteiger partial charge on any atom is 0.0938 e. The number of hydrogen-bond acceptors (Lipinski definition) is 2. The van der Waals surface area contributed by atoms with E-state index in [4.69, 9.17) is 4.74 Å². The molecule has 0 aliphatic carbocycles. The van der Waals surface area contributed by atoms with Gasteiger partial charge in [0, 0.05) is 13.1 Å². The van der Waals surface area contributed by atoms with Crippen molar-refractivity contribution in [3.05, 3.63) is 0 Å². The van der Waals surface area contributed by atoms with Crippen LogP contribution >= 0.6 is 0 Å². The molecular weight excluding hydrogens is 162 g/mol. The van der Waals surface area contributed by atoms with Gasteiger partial charge in [0.05, 0.1) is 12.2 Å². The molecule has 0 aromatic rings. The van der Waals surface area contributed by atoms with Crippen molar-refractivity contribution < 1.29 is 4.74 Å². The van der Waals surface area contributed by atoms with Crippen molar-refractivity contribution in [3.63, 3.8) is 0 Å². The molecule has 1 atom stereocenters. The minimum Gasteiger partial charge on any atom is -0.372 e. The quantitative estimate of drug-likeness (QED) is 0.567. The molecule has 2 nitrogen and oxygen atoms in total. The van der Waals surface area contributed by atoms with Crippen LogP contribution in [0.3, 0.4) is 0 Å². The van der Waals surface area contributed by atoms with E-state index < -0.39 is 0 Å². The Morgan fingerprint density at radius 2 is 1.92 bits per heavy atom. The van der Waals surface area contributed by atoms with E-state index in [0.29, 0.717) is 5.41 Å². The molecule has 76 valence electrons. The smallest absolute Gasteiger partial charge is 0.0938 e. The fourth-order valence-corrected chi connectivity index (χ4v) is 2.56. The summed E-state index contributed by atoms with van der Waals surface area (Å²) >= 11 is 0. The van der Waals surface area contributed by atoms with Crippen molar-refractivity contribution in [2.45, 2.75) is 32.8 Å². The molecule has 0 aromatic heterocycles. The molecule has 1 spiro atoms. The molecule has 2 saturated heterocycles. The number of likely N-dealkylation sites (N-methyl/N-ethyl adjacent to an activating group) is 1. The van der Waals surface area contributed by atoms with Gasteiger partial charge in [-0.15, -0.1) is 0 Å². The number of likely N-dealkylation sites (tertiary alicyclic amines) is 1. The van der Waals surface area contributed by atoms with Crippen LogP contribution < -0.4 is 0 Å². The highest BCUT2D eigenvalue weighted by atomic mass is 16.5. The Morgan fingerprint density at radius 1 is 1.31 bits per heavy atom. The fraction of sp³-hybridized carbons (Fsp3) is 1.00. The number of hydrogen-bond donors (Lipinski definition) is 0. The maximum absolute atomic E-state index is 5.94. The van der Waals surface area contributed by atoms with E-state index in [1.807, 2.05) is 0 Å². The van der Waals surface area contributed by atoms with Crippen LogP contribution in [0.4, 0.5) is 0 Å². The first-order valence-electron chi connectivity index (χ1n) is 5.24. The summed E-state index contributed by atoms with van der Waals surface area (Å²) in [7, 11) is 2.17. The molecule has 0 bridgehead atoms. The predicted molar refractivity (Wildman–Crippen MR) is 53.7 cm³/mol. The SMILES string of the molecule is CN1CC2(CC(C(C)(C)C)CO2)C1. The molecule has 0 N–H and O–H groups in total. The molecule has 0 radical (unpaired) electrons. The van der Waals surface area contributed by atoms with Gasteiger partial charge < -0.3 is 9.64 Å². The third-order valence-corrected chi connectivity index (χ3v) is 3.55. The summed E-state index contributed by atoms with van der Waals surface area (Å²) in [6.07, 6.45) is 1.26. The summed E-state index contributed by atoms with van der Waals surface area (Å²) in [4.78, 5) is 2.34. The first kappa shape index (κ1) is 9.47. The predicted octanol–water partition coefficient (Wildman–Crippen LogP) is 1.75. The summed E-state index contributed by atoms with van der Waals surface area (Å²) in [5.74, 6) is 0.751. The maximum atomic E-state index is 5.94. The van der Waals surface area contributed by atoms with Crippen LogP contribution in [-0.2, 0) is 4.74 Å². The van der Waals surface area contributed by atoms with Crippen molar-refractivity contribution in [2.75, 3.05) is 26.7 Å². The topological polar surface area (TPSA) is 12.5 Å². The van der Waals surface area contributed by atoms with Crippen LogP contribution in [0.1, 0.15) is 27.2 Å². The zero-order chi connectivity index (χ0) is 9.69. The van der Waals surface area contributed by atoms with Gasteiger partial charge in [-0.25, -0.2) is 0 Å². The molecule has 2 aliphatic rings. The van der Waals surface area contributed by atoms with E-state index in [0.717, 1.165) is 25.6 Å². The molecule has 2 fully saturated rings. The standard InChI is InChI=1S/C11H21NO/c1-10(2,3)9-5-11(13-6-9)7-12(4)8-11/h9H,5-8H2,1-4H3. The van der Waals surface area contributed by atoms with Gasteiger partial charge in [-0.2, -0.15) is 0 Å². The second kappa shape index (κ2) is 2.71. The molecule has 2 aliphatic heterocycles. The van der Waals surface area contributed by atoms with Crippen LogP contribution in [0.15, 0.2) is 0 Å². The van der Waals surface area contributed by atoms with Gasteiger partial charge in [-0.3, -0.25) is 0 Å². The van der Waals surface area contributed by atoms with Crippen molar-refractivity contribution in [3.8, 4) is 0 Å². The van der Waals surface area contributed by atoms with Crippen LogP contribution in [-0.4, -0.2) is 37.2 Å². The fourth-order valence-electron chi connectivity index (χ4n) is 2.56. The molecule has 0 saturated carbocycles. The average Bonchev–Trinajstić information content (AvgIpc) is 2.29. The Kier molecular flexibility index (Phi) is 1.97. The van der Waals surface area contributed by atoms with Crippen LogP contribution in [0.25, 0.3) is 0 Å². The third kappa shape index (κ3) is 1.62. The second-order valence-corrected chi connectivity index (χ2v) is 5.93. The van der Waals surface area contributed by atoms with E-state index >= 15 is 0 Å². The first-order chi connectivity index (χ1) is 5.91. The molecule has 2 rings (SSSR count). The number of ether oxygens (including phenoxy) is 1. The van der Waals surface area contributed by atoms with Crippen molar-refractivity contribution in [1.82, 2.24) is 4.90 Å². The van der Waals surface area contributed by atoms with Gasteiger partial charge >= 0.3 is 0 Å². The summed E-state index contributed by atoms with van der Waals surface area (Å²) in [5.41, 5.74) is 0.657. The van der Waals surface area contributed by atoms with Crippen LogP contribution in [0.5, 0.6) is 0 Å². The Labute approximate surface area is 81.3 Å². The Morgan fingerprint density at radius 3 is 2.31 bits per heavy atom. The van der Waals surface area contributed by atoms with Gasteiger partial charge in [-0.05, 0) is 24.8 Å². The first-order valence-corrected chi connectivity index (χ1v) is 5.24. The lowest BCUT2D eigenvalue weighted by Gasteiger charge is -2.45. The van der Waals surface area contributed by atoms with Crippen LogP contribution in [0, 0.1) is 11.3 Å². The van der Waals surface area contributed by atoms with Crippen molar-refractivity contribution in [1.29, 1.82) is 0 Å². The highest BCUT2D eigenvalue weighted by molar-refractivity contribution is 5.02. The van der Waals surface area contributed by atoms with Gasteiger partial charge in [0.15, 0.2) is 0 Å². The van der Waals surface area contributed by atoms with Gasteiger partial charge in [0.25, 0.3) is 0 Å². The monoisotopic (exact) mass is 183 g/mol. The van der Waals surface area contributed by atoms with E-state index in [1.54, 1.807) is 0 Å². The van der Waals surface area contributed by atoms with Gasteiger partial charge in [-0.1, -0.05) is 20.8 Å². The van der Waals surface area contributed by atoms with E-state index in [9.17, 15) is 0 Å². The Hall–Kier alpha value is -0.0800. The third-order valence-electron chi connectivity index (χ3n) is 3.55. The molecule has 0 amide bonds. The lowest BCUT2D eigenvalue weighted by atomic mass is 9.75. The minimum absolute atomic E-state index is 0.243. The molecule has 2 heterocycles. The molecule has 0 aromatic carbocycles. The van der Waals surface area contributed by atoms with Crippen molar-refractivity contribution >= 4 is 0 Å². The summed E-state index contributed by atoms with van der Waals surface area (Å²) < 4.78 is 5.94. The molecule has 13 heavy (non-hydrogen) atoms. The van der Waals surface area contributed by atoms with Gasteiger partial charge in [0.2, 0.25) is 0 Å². The van der Waals surface area contributed by atoms with E-state index in [-0.39, 0.29) is 5.60 Å². The van der Waals surface area contributed by atoms with Crippen molar-refractivity contribution in [2.24, 2.45) is 11.3 Å². The molecule has 1 unspecified atom stereocenters. The summed E-state index contributed by atoms with van der Waals surface area (Å²) in [6, 6.07) is 0. The Bertz CT molecular complexity index is 201.